The van der Waals surface area contributed by atoms with Crippen molar-refractivity contribution in [3.05, 3.63) is 60.3 Å². The van der Waals surface area contributed by atoms with E-state index < -0.39 is 5.91 Å². The number of fused-ring (bicyclic) bond motifs is 1. The SMILES string of the molecule is COc1ncccc1-c1cccc2ccc(C(=O)N=C(N)N)cc12. The molecule has 0 fully saturated rings. The van der Waals surface area contributed by atoms with E-state index in [9.17, 15) is 4.79 Å². The molecule has 0 saturated carbocycles. The zero-order valence-electron chi connectivity index (χ0n) is 13.1. The highest BCUT2D eigenvalue weighted by atomic mass is 16.5. The molecule has 2 aromatic carbocycles. The predicted molar refractivity (Wildman–Crippen MR) is 93.9 cm³/mol. The largest absolute Gasteiger partial charge is 0.481 e. The molecule has 0 aliphatic rings. The topological polar surface area (TPSA) is 104 Å². The molecule has 1 heterocycles. The molecule has 4 N–H and O–H groups in total. The smallest absolute Gasteiger partial charge is 0.280 e. The second-order valence-electron chi connectivity index (χ2n) is 5.14. The van der Waals surface area contributed by atoms with Crippen molar-refractivity contribution in [1.82, 2.24) is 4.98 Å². The summed E-state index contributed by atoms with van der Waals surface area (Å²) >= 11 is 0. The number of nitrogens with two attached hydrogens (primary N) is 2. The summed E-state index contributed by atoms with van der Waals surface area (Å²) in [5.41, 5.74) is 12.7. The lowest BCUT2D eigenvalue weighted by atomic mass is 9.97. The normalized spacial score (nSPS) is 10.4. The van der Waals surface area contributed by atoms with Crippen LogP contribution in [-0.2, 0) is 0 Å². The van der Waals surface area contributed by atoms with E-state index in [-0.39, 0.29) is 5.96 Å². The molecular weight excluding hydrogens is 304 g/mol. The van der Waals surface area contributed by atoms with Crippen LogP contribution in [0.5, 0.6) is 5.88 Å². The van der Waals surface area contributed by atoms with Crippen LogP contribution < -0.4 is 16.2 Å². The minimum Gasteiger partial charge on any atom is -0.481 e. The van der Waals surface area contributed by atoms with E-state index in [0.29, 0.717) is 11.4 Å². The standard InChI is InChI=1S/C18H16N4O2/c1-24-17-14(6-3-9-21-17)13-5-2-4-11-7-8-12(10-15(11)13)16(23)22-18(19)20/h2-10H,1H3,(H4,19,20,22,23). The number of aromatic nitrogens is 1. The summed E-state index contributed by atoms with van der Waals surface area (Å²) < 4.78 is 5.35. The number of ether oxygens (including phenoxy) is 1. The number of amides is 1. The van der Waals surface area contributed by atoms with E-state index in [1.54, 1.807) is 25.4 Å². The first-order chi connectivity index (χ1) is 11.6. The number of hydrogen-bond donors (Lipinski definition) is 2. The van der Waals surface area contributed by atoms with E-state index >= 15 is 0 Å². The molecule has 0 saturated heterocycles. The van der Waals surface area contributed by atoms with Crippen molar-refractivity contribution in [3.63, 3.8) is 0 Å². The molecule has 6 heteroatoms. The fourth-order valence-corrected chi connectivity index (χ4v) is 2.58. The molecule has 3 aromatic rings. The summed E-state index contributed by atoms with van der Waals surface area (Å²) in [7, 11) is 1.57. The highest BCUT2D eigenvalue weighted by Crippen LogP contribution is 2.34. The van der Waals surface area contributed by atoms with Gasteiger partial charge in [-0.1, -0.05) is 24.3 Å². The number of carbonyl (C=O) groups is 1. The van der Waals surface area contributed by atoms with Crippen molar-refractivity contribution < 1.29 is 9.53 Å². The number of nitrogens with zero attached hydrogens (tertiary/aromatic N) is 2. The summed E-state index contributed by atoms with van der Waals surface area (Å²) in [6.07, 6.45) is 1.67. The van der Waals surface area contributed by atoms with Crippen molar-refractivity contribution in [1.29, 1.82) is 0 Å². The summed E-state index contributed by atoms with van der Waals surface area (Å²) in [4.78, 5) is 19.9. The Bertz CT molecular complexity index is 947. The first-order valence-electron chi connectivity index (χ1n) is 7.26. The van der Waals surface area contributed by atoms with Gasteiger partial charge in [0.25, 0.3) is 5.91 Å². The quantitative estimate of drug-likeness (QED) is 0.569. The third-order valence-corrected chi connectivity index (χ3v) is 3.61. The highest BCUT2D eigenvalue weighted by Gasteiger charge is 2.12. The Morgan fingerprint density at radius 1 is 1.08 bits per heavy atom. The van der Waals surface area contributed by atoms with Crippen LogP contribution in [0.2, 0.25) is 0 Å². The average molecular weight is 320 g/mol. The third kappa shape index (κ3) is 2.89. The minimum absolute atomic E-state index is 0.262. The first kappa shape index (κ1) is 15.5. The molecular formula is C18H16N4O2. The summed E-state index contributed by atoms with van der Waals surface area (Å²) in [5.74, 6) is -0.224. The number of benzene rings is 2. The highest BCUT2D eigenvalue weighted by molar-refractivity contribution is 6.06. The molecule has 120 valence electrons. The maximum absolute atomic E-state index is 12.1. The lowest BCUT2D eigenvalue weighted by Gasteiger charge is -2.11. The van der Waals surface area contributed by atoms with E-state index in [1.807, 2.05) is 36.4 Å². The van der Waals surface area contributed by atoms with Crippen LogP contribution in [0, 0.1) is 0 Å². The maximum atomic E-state index is 12.1. The lowest BCUT2D eigenvalue weighted by Crippen LogP contribution is -2.24. The lowest BCUT2D eigenvalue weighted by molar-refractivity contribution is 0.100. The number of carbonyl (C=O) groups excluding carboxylic acids is 1. The van der Waals surface area contributed by atoms with Crippen LogP contribution in [0.1, 0.15) is 10.4 Å². The fraction of sp³-hybridized carbons (Fsp3) is 0.0556. The zero-order valence-corrected chi connectivity index (χ0v) is 13.1. The Balaban J connectivity index is 2.22. The summed E-state index contributed by atoms with van der Waals surface area (Å²) in [6.45, 7) is 0. The molecule has 0 unspecified atom stereocenters. The van der Waals surface area contributed by atoms with Crippen LogP contribution in [0.3, 0.4) is 0 Å². The molecule has 6 nitrogen and oxygen atoms in total. The van der Waals surface area contributed by atoms with Gasteiger partial charge in [0.2, 0.25) is 5.88 Å². The van der Waals surface area contributed by atoms with Gasteiger partial charge in [-0.2, -0.15) is 4.99 Å². The molecule has 24 heavy (non-hydrogen) atoms. The Labute approximate surface area is 138 Å². The number of rotatable bonds is 3. The van der Waals surface area contributed by atoms with Crippen LogP contribution >= 0.6 is 0 Å². The molecule has 1 amide bonds. The van der Waals surface area contributed by atoms with E-state index in [1.165, 1.54) is 0 Å². The molecule has 3 rings (SSSR count). The molecule has 0 aliphatic carbocycles. The van der Waals surface area contributed by atoms with E-state index in [4.69, 9.17) is 16.2 Å². The Morgan fingerprint density at radius 3 is 2.62 bits per heavy atom. The number of pyridine rings is 1. The molecule has 1 aromatic heterocycles. The van der Waals surface area contributed by atoms with Gasteiger partial charge in [0, 0.05) is 17.3 Å². The van der Waals surface area contributed by atoms with E-state index in [2.05, 4.69) is 9.98 Å². The van der Waals surface area contributed by atoms with Crippen LogP contribution in [-0.4, -0.2) is 24.0 Å². The van der Waals surface area contributed by atoms with Gasteiger partial charge in [-0.3, -0.25) is 4.79 Å². The molecule has 0 atom stereocenters. The summed E-state index contributed by atoms with van der Waals surface area (Å²) in [5, 5.41) is 1.88. The van der Waals surface area contributed by atoms with Gasteiger partial charge < -0.3 is 16.2 Å². The fourth-order valence-electron chi connectivity index (χ4n) is 2.58. The summed E-state index contributed by atoms with van der Waals surface area (Å²) in [6, 6.07) is 15.0. The van der Waals surface area contributed by atoms with Crippen molar-refractivity contribution in [2.24, 2.45) is 16.5 Å². The minimum atomic E-state index is -0.482. The van der Waals surface area contributed by atoms with Gasteiger partial charge in [-0.15, -0.1) is 0 Å². The Morgan fingerprint density at radius 2 is 1.88 bits per heavy atom. The second-order valence-corrected chi connectivity index (χ2v) is 5.14. The first-order valence-corrected chi connectivity index (χ1v) is 7.26. The maximum Gasteiger partial charge on any atom is 0.280 e. The Kier molecular flexibility index (Phi) is 4.11. The monoisotopic (exact) mass is 320 g/mol. The van der Waals surface area contributed by atoms with Gasteiger partial charge >= 0.3 is 0 Å². The van der Waals surface area contributed by atoms with Crippen molar-refractivity contribution >= 4 is 22.6 Å². The molecule has 0 radical (unpaired) electrons. The molecule has 0 aliphatic heterocycles. The number of methoxy groups -OCH3 is 1. The van der Waals surface area contributed by atoms with E-state index in [0.717, 1.165) is 21.9 Å². The van der Waals surface area contributed by atoms with Crippen LogP contribution in [0.25, 0.3) is 21.9 Å². The van der Waals surface area contributed by atoms with Crippen LogP contribution in [0.4, 0.5) is 0 Å². The van der Waals surface area contributed by atoms with Crippen molar-refractivity contribution in [2.45, 2.75) is 0 Å². The number of guanidine groups is 1. The van der Waals surface area contributed by atoms with Gasteiger partial charge in [0.15, 0.2) is 5.96 Å². The van der Waals surface area contributed by atoms with Gasteiger partial charge in [0.1, 0.15) is 0 Å². The third-order valence-electron chi connectivity index (χ3n) is 3.61. The van der Waals surface area contributed by atoms with Crippen molar-refractivity contribution in [2.75, 3.05) is 7.11 Å². The average Bonchev–Trinajstić information content (AvgIpc) is 2.60. The van der Waals surface area contributed by atoms with Crippen molar-refractivity contribution in [3.8, 4) is 17.0 Å². The van der Waals surface area contributed by atoms with Gasteiger partial charge in [-0.05, 0) is 40.6 Å². The molecule has 0 bridgehead atoms. The number of hydrogen-bond acceptors (Lipinski definition) is 3. The molecule has 0 spiro atoms. The predicted octanol–water partition coefficient (Wildman–Crippen LogP) is 2.32. The Hall–Kier alpha value is -3.41. The van der Waals surface area contributed by atoms with Gasteiger partial charge in [0.05, 0.1) is 7.11 Å². The number of aliphatic imine (C=N–C) groups is 1. The van der Waals surface area contributed by atoms with Gasteiger partial charge in [-0.25, -0.2) is 4.98 Å². The zero-order chi connectivity index (χ0) is 17.1. The van der Waals surface area contributed by atoms with Crippen LogP contribution in [0.15, 0.2) is 59.7 Å². The second kappa shape index (κ2) is 6.37.